The first-order valence-corrected chi connectivity index (χ1v) is 10.2. The third kappa shape index (κ3) is 3.40. The summed E-state index contributed by atoms with van der Waals surface area (Å²) in [6.07, 6.45) is 4.19. The highest BCUT2D eigenvalue weighted by atomic mass is 32.1. The van der Waals surface area contributed by atoms with Gasteiger partial charge in [0.2, 0.25) is 11.8 Å². The summed E-state index contributed by atoms with van der Waals surface area (Å²) < 4.78 is 1.99. The van der Waals surface area contributed by atoms with E-state index >= 15 is 0 Å². The van der Waals surface area contributed by atoms with E-state index in [-0.39, 0.29) is 24.2 Å². The molecule has 7 heteroatoms. The number of benzene rings is 2. The van der Waals surface area contributed by atoms with Crippen LogP contribution in [0.5, 0.6) is 0 Å². The summed E-state index contributed by atoms with van der Waals surface area (Å²) >= 11 is 1.59. The molecule has 1 fully saturated rings. The largest absolute Gasteiger partial charge is 0.326 e. The molecule has 0 bridgehead atoms. The summed E-state index contributed by atoms with van der Waals surface area (Å²) in [6, 6.07) is 17.1. The zero-order valence-corrected chi connectivity index (χ0v) is 16.3. The number of carbonyl (C=O) groups is 2. The first-order valence-electron chi connectivity index (χ1n) is 9.36. The lowest BCUT2D eigenvalue weighted by Gasteiger charge is -2.16. The van der Waals surface area contributed by atoms with Crippen LogP contribution in [0.15, 0.2) is 72.4 Å². The quantitative estimate of drug-likeness (QED) is 0.560. The molecular formula is C22H18N4O2S. The molecule has 29 heavy (non-hydrogen) atoms. The lowest BCUT2D eigenvalue weighted by molar-refractivity contribution is -0.122. The third-order valence-electron chi connectivity index (χ3n) is 5.11. The summed E-state index contributed by atoms with van der Waals surface area (Å²) in [5.41, 5.74) is 3.43. The predicted molar refractivity (Wildman–Crippen MR) is 114 cm³/mol. The van der Waals surface area contributed by atoms with Crippen LogP contribution in [0.1, 0.15) is 6.42 Å². The zero-order chi connectivity index (χ0) is 19.8. The van der Waals surface area contributed by atoms with E-state index in [0.717, 1.165) is 21.9 Å². The van der Waals surface area contributed by atoms with Gasteiger partial charge in [0.25, 0.3) is 0 Å². The Bertz CT molecular complexity index is 1150. The van der Waals surface area contributed by atoms with Gasteiger partial charge in [-0.1, -0.05) is 30.3 Å². The number of anilines is 2. The molecule has 1 aliphatic heterocycles. The normalized spacial score (nSPS) is 16.5. The average Bonchev–Trinajstić information content (AvgIpc) is 3.44. The van der Waals surface area contributed by atoms with Gasteiger partial charge in [-0.3, -0.25) is 14.0 Å². The number of para-hydroxylation sites is 1. The molecule has 4 aromatic rings. The highest BCUT2D eigenvalue weighted by Crippen LogP contribution is 2.27. The van der Waals surface area contributed by atoms with Crippen molar-refractivity contribution in [2.75, 3.05) is 16.8 Å². The Kier molecular flexibility index (Phi) is 4.37. The number of rotatable bonds is 4. The van der Waals surface area contributed by atoms with E-state index in [0.29, 0.717) is 12.2 Å². The van der Waals surface area contributed by atoms with Gasteiger partial charge in [-0.25, -0.2) is 4.98 Å². The van der Waals surface area contributed by atoms with E-state index in [4.69, 9.17) is 0 Å². The molecule has 2 aromatic heterocycles. The first kappa shape index (κ1) is 17.6. The summed E-state index contributed by atoms with van der Waals surface area (Å²) in [4.78, 5) is 32.2. The third-order valence-corrected chi connectivity index (χ3v) is 5.88. The lowest BCUT2D eigenvalue weighted by atomic mass is 10.1. The Hall–Kier alpha value is -3.45. The van der Waals surface area contributed by atoms with Gasteiger partial charge >= 0.3 is 0 Å². The molecular weight excluding hydrogens is 384 g/mol. The topological polar surface area (TPSA) is 66.7 Å². The van der Waals surface area contributed by atoms with Gasteiger partial charge in [-0.15, -0.1) is 11.3 Å². The minimum absolute atomic E-state index is 0.0218. The maximum atomic E-state index is 12.7. The maximum absolute atomic E-state index is 12.7. The van der Waals surface area contributed by atoms with Crippen LogP contribution in [-0.2, 0) is 9.59 Å². The molecule has 1 N–H and O–H groups in total. The molecule has 1 saturated heterocycles. The first-order chi connectivity index (χ1) is 14.2. The van der Waals surface area contributed by atoms with Gasteiger partial charge in [0, 0.05) is 47.7 Å². The van der Waals surface area contributed by atoms with Crippen molar-refractivity contribution in [3.63, 3.8) is 0 Å². The van der Waals surface area contributed by atoms with Crippen molar-refractivity contribution < 1.29 is 9.59 Å². The number of imidazole rings is 1. The number of fused-ring (bicyclic) bond motifs is 1. The van der Waals surface area contributed by atoms with Crippen molar-refractivity contribution in [3.05, 3.63) is 72.4 Å². The van der Waals surface area contributed by atoms with E-state index in [2.05, 4.69) is 10.3 Å². The van der Waals surface area contributed by atoms with Gasteiger partial charge in [0.15, 0.2) is 4.96 Å². The fourth-order valence-electron chi connectivity index (χ4n) is 3.58. The highest BCUT2D eigenvalue weighted by Gasteiger charge is 2.35. The van der Waals surface area contributed by atoms with E-state index < -0.39 is 0 Å². The number of hydrogen-bond donors (Lipinski definition) is 1. The minimum atomic E-state index is -0.359. The monoisotopic (exact) mass is 402 g/mol. The molecule has 6 nitrogen and oxygen atoms in total. The van der Waals surface area contributed by atoms with Crippen molar-refractivity contribution in [2.45, 2.75) is 6.42 Å². The van der Waals surface area contributed by atoms with E-state index in [1.807, 2.05) is 76.8 Å². The molecule has 0 radical (unpaired) electrons. The molecule has 0 saturated carbocycles. The summed E-state index contributed by atoms with van der Waals surface area (Å²) in [6.45, 7) is 0.401. The average molecular weight is 402 g/mol. The molecule has 0 spiro atoms. The van der Waals surface area contributed by atoms with Gasteiger partial charge in [0.1, 0.15) is 0 Å². The molecule has 2 aromatic carbocycles. The Morgan fingerprint density at radius 1 is 1.10 bits per heavy atom. The molecule has 1 unspecified atom stereocenters. The van der Waals surface area contributed by atoms with Crippen molar-refractivity contribution in [1.82, 2.24) is 9.38 Å². The minimum Gasteiger partial charge on any atom is -0.326 e. The van der Waals surface area contributed by atoms with E-state index in [1.54, 1.807) is 16.2 Å². The smallest absolute Gasteiger partial charge is 0.229 e. The number of nitrogens with zero attached hydrogens (tertiary/aromatic N) is 3. The van der Waals surface area contributed by atoms with Crippen LogP contribution in [0.2, 0.25) is 0 Å². The Morgan fingerprint density at radius 2 is 1.90 bits per heavy atom. The van der Waals surface area contributed by atoms with Crippen molar-refractivity contribution >= 4 is 39.5 Å². The van der Waals surface area contributed by atoms with Crippen molar-refractivity contribution in [1.29, 1.82) is 0 Å². The number of nitrogens with one attached hydrogen (secondary N) is 1. The van der Waals surface area contributed by atoms with Gasteiger partial charge in [-0.2, -0.15) is 0 Å². The standard InChI is InChI=1S/C22H18N4O2S/c27-20-12-16(13-26(20)18-4-2-1-3-5-18)21(28)23-17-8-6-15(7-9-17)19-14-25-10-11-29-22(25)24-19/h1-11,14,16H,12-13H2,(H,23,28). The van der Waals surface area contributed by atoms with Crippen molar-refractivity contribution in [3.8, 4) is 11.3 Å². The summed E-state index contributed by atoms with van der Waals surface area (Å²) in [5.74, 6) is -0.513. The predicted octanol–water partition coefficient (Wildman–Crippen LogP) is 4.05. The van der Waals surface area contributed by atoms with Crippen LogP contribution in [0.3, 0.4) is 0 Å². The van der Waals surface area contributed by atoms with Crippen LogP contribution >= 0.6 is 11.3 Å². The molecule has 2 amide bonds. The van der Waals surface area contributed by atoms with E-state index in [9.17, 15) is 9.59 Å². The summed E-state index contributed by atoms with van der Waals surface area (Å²) in [7, 11) is 0. The maximum Gasteiger partial charge on any atom is 0.229 e. The molecule has 3 heterocycles. The van der Waals surface area contributed by atoms with Crippen LogP contribution in [0.25, 0.3) is 16.2 Å². The highest BCUT2D eigenvalue weighted by molar-refractivity contribution is 7.15. The molecule has 144 valence electrons. The van der Waals surface area contributed by atoms with Gasteiger partial charge < -0.3 is 10.2 Å². The van der Waals surface area contributed by atoms with Gasteiger partial charge in [0.05, 0.1) is 11.6 Å². The fraction of sp³-hybridized carbons (Fsp3) is 0.136. The number of carbonyl (C=O) groups excluding carboxylic acids is 2. The van der Waals surface area contributed by atoms with Gasteiger partial charge in [-0.05, 0) is 24.3 Å². The van der Waals surface area contributed by atoms with Crippen LogP contribution in [-0.4, -0.2) is 27.7 Å². The van der Waals surface area contributed by atoms with Crippen LogP contribution in [0, 0.1) is 5.92 Å². The number of thiazole rings is 1. The second-order valence-corrected chi connectivity index (χ2v) is 7.90. The number of aromatic nitrogens is 2. The molecule has 1 atom stereocenters. The SMILES string of the molecule is O=C(Nc1ccc(-c2cn3ccsc3n2)cc1)C1CC(=O)N(c2ccccc2)C1. The summed E-state index contributed by atoms with van der Waals surface area (Å²) in [5, 5.41) is 4.93. The molecule has 0 aliphatic carbocycles. The number of hydrogen-bond acceptors (Lipinski definition) is 4. The molecule has 1 aliphatic rings. The second-order valence-electron chi connectivity index (χ2n) is 7.03. The lowest BCUT2D eigenvalue weighted by Crippen LogP contribution is -2.28. The Labute approximate surface area is 171 Å². The van der Waals surface area contributed by atoms with Crippen molar-refractivity contribution in [2.24, 2.45) is 5.92 Å². The number of amides is 2. The Morgan fingerprint density at radius 3 is 2.66 bits per heavy atom. The zero-order valence-electron chi connectivity index (χ0n) is 15.5. The van der Waals surface area contributed by atoms with Crippen LogP contribution < -0.4 is 10.2 Å². The second kappa shape index (κ2) is 7.18. The van der Waals surface area contributed by atoms with Crippen LogP contribution in [0.4, 0.5) is 11.4 Å². The fourth-order valence-corrected chi connectivity index (χ4v) is 4.28. The Balaban J connectivity index is 1.26. The van der Waals surface area contributed by atoms with E-state index in [1.165, 1.54) is 0 Å². The molecule has 5 rings (SSSR count).